The highest BCUT2D eigenvalue weighted by Gasteiger charge is 2.13. The predicted octanol–water partition coefficient (Wildman–Crippen LogP) is 2.81. The number of para-hydroxylation sites is 1. The van der Waals surface area contributed by atoms with E-state index >= 15 is 0 Å². The van der Waals surface area contributed by atoms with Crippen LogP contribution in [0.5, 0.6) is 0 Å². The first-order valence-corrected chi connectivity index (χ1v) is 7.30. The fourth-order valence-corrected chi connectivity index (χ4v) is 2.27. The standard InChI is InChI=1S/C17H12N4O3/c22-16(13-8-7-11-4-1-2-5-12(11)19-13)18-10-15-20-17(24-21-15)14-6-3-9-23-14/h1-9H,10H2,(H,18,22). The zero-order valence-corrected chi connectivity index (χ0v) is 12.5. The number of aromatic nitrogens is 3. The Kier molecular flexibility index (Phi) is 3.51. The van der Waals surface area contributed by atoms with Gasteiger partial charge >= 0.3 is 0 Å². The third-order valence-electron chi connectivity index (χ3n) is 3.44. The normalized spacial score (nSPS) is 10.8. The second-order valence-corrected chi connectivity index (χ2v) is 5.06. The lowest BCUT2D eigenvalue weighted by Crippen LogP contribution is -2.24. The maximum absolute atomic E-state index is 12.2. The number of nitrogens with one attached hydrogen (secondary N) is 1. The summed E-state index contributed by atoms with van der Waals surface area (Å²) in [5.74, 6) is 0.810. The van der Waals surface area contributed by atoms with E-state index in [1.165, 1.54) is 6.26 Å². The monoisotopic (exact) mass is 320 g/mol. The van der Waals surface area contributed by atoms with Crippen LogP contribution in [0.1, 0.15) is 16.3 Å². The van der Waals surface area contributed by atoms with Gasteiger partial charge in [0.1, 0.15) is 5.69 Å². The molecule has 24 heavy (non-hydrogen) atoms. The zero-order valence-electron chi connectivity index (χ0n) is 12.5. The summed E-state index contributed by atoms with van der Waals surface area (Å²) in [4.78, 5) is 20.7. The molecule has 0 unspecified atom stereocenters. The molecule has 0 aliphatic rings. The Morgan fingerprint density at radius 3 is 2.83 bits per heavy atom. The minimum atomic E-state index is -0.301. The van der Waals surface area contributed by atoms with Gasteiger partial charge in [-0.05, 0) is 24.3 Å². The molecule has 1 N–H and O–H groups in total. The van der Waals surface area contributed by atoms with Crippen molar-refractivity contribution in [2.75, 3.05) is 0 Å². The Hall–Kier alpha value is -3.48. The van der Waals surface area contributed by atoms with E-state index in [4.69, 9.17) is 8.94 Å². The Bertz CT molecular complexity index is 992. The number of pyridine rings is 1. The Morgan fingerprint density at radius 2 is 1.96 bits per heavy atom. The van der Waals surface area contributed by atoms with Crippen LogP contribution in [0, 0.1) is 0 Å². The summed E-state index contributed by atoms with van der Waals surface area (Å²) in [6, 6.07) is 14.6. The Balaban J connectivity index is 1.46. The van der Waals surface area contributed by atoms with Crippen molar-refractivity contribution in [3.8, 4) is 11.7 Å². The topological polar surface area (TPSA) is 94.1 Å². The smallest absolute Gasteiger partial charge is 0.293 e. The molecule has 0 saturated heterocycles. The van der Waals surface area contributed by atoms with Gasteiger partial charge in [-0.3, -0.25) is 4.79 Å². The molecule has 0 saturated carbocycles. The van der Waals surface area contributed by atoms with Crippen molar-refractivity contribution < 1.29 is 13.7 Å². The van der Waals surface area contributed by atoms with Gasteiger partial charge in [0.05, 0.1) is 18.3 Å². The number of hydrogen-bond acceptors (Lipinski definition) is 6. The molecule has 1 aromatic carbocycles. The van der Waals surface area contributed by atoms with Crippen LogP contribution in [0.3, 0.4) is 0 Å². The van der Waals surface area contributed by atoms with E-state index in [0.717, 1.165) is 10.9 Å². The fourth-order valence-electron chi connectivity index (χ4n) is 2.27. The molecule has 0 radical (unpaired) electrons. The van der Waals surface area contributed by atoms with Crippen molar-refractivity contribution in [3.05, 3.63) is 66.3 Å². The molecule has 118 valence electrons. The van der Waals surface area contributed by atoms with Gasteiger partial charge in [-0.2, -0.15) is 4.98 Å². The lowest BCUT2D eigenvalue weighted by atomic mass is 10.2. The highest BCUT2D eigenvalue weighted by Crippen LogP contribution is 2.17. The van der Waals surface area contributed by atoms with Crippen molar-refractivity contribution in [1.29, 1.82) is 0 Å². The molecule has 0 bridgehead atoms. The number of rotatable bonds is 4. The van der Waals surface area contributed by atoms with Crippen LogP contribution < -0.4 is 5.32 Å². The molecule has 0 atom stereocenters. The van der Waals surface area contributed by atoms with Crippen LogP contribution in [0.15, 0.2) is 63.7 Å². The number of fused-ring (bicyclic) bond motifs is 1. The third kappa shape index (κ3) is 2.74. The quantitative estimate of drug-likeness (QED) is 0.621. The van der Waals surface area contributed by atoms with Crippen molar-refractivity contribution in [1.82, 2.24) is 20.4 Å². The van der Waals surface area contributed by atoms with Crippen LogP contribution in [0.4, 0.5) is 0 Å². The SMILES string of the molecule is O=C(NCc1noc(-c2ccco2)n1)c1ccc2ccccc2n1. The molecule has 0 spiro atoms. The molecule has 4 aromatic rings. The van der Waals surface area contributed by atoms with Crippen LogP contribution >= 0.6 is 0 Å². The average Bonchev–Trinajstić information content (AvgIpc) is 3.30. The summed E-state index contributed by atoms with van der Waals surface area (Å²) in [5.41, 5.74) is 1.10. The molecule has 1 amide bonds. The second kappa shape index (κ2) is 5.96. The number of nitrogens with zero attached hydrogens (tertiary/aromatic N) is 3. The number of benzene rings is 1. The first-order valence-electron chi connectivity index (χ1n) is 7.30. The molecular formula is C17H12N4O3. The summed E-state index contributed by atoms with van der Waals surface area (Å²) in [6.45, 7) is 0.136. The van der Waals surface area contributed by atoms with Crippen molar-refractivity contribution in [2.24, 2.45) is 0 Å². The van der Waals surface area contributed by atoms with Gasteiger partial charge in [0.25, 0.3) is 11.8 Å². The summed E-state index contributed by atoms with van der Waals surface area (Å²) in [7, 11) is 0. The van der Waals surface area contributed by atoms with Gasteiger partial charge in [-0.15, -0.1) is 0 Å². The molecule has 3 heterocycles. The van der Waals surface area contributed by atoms with Crippen molar-refractivity contribution in [2.45, 2.75) is 6.54 Å². The lowest BCUT2D eigenvalue weighted by molar-refractivity contribution is 0.0945. The Morgan fingerprint density at radius 1 is 1.04 bits per heavy atom. The molecule has 0 fully saturated rings. The van der Waals surface area contributed by atoms with Crippen LogP contribution in [0.2, 0.25) is 0 Å². The first-order chi connectivity index (χ1) is 11.8. The van der Waals surface area contributed by atoms with E-state index in [1.807, 2.05) is 30.3 Å². The molecule has 7 heteroatoms. The summed E-state index contributed by atoms with van der Waals surface area (Å²) in [6.07, 6.45) is 1.52. The van der Waals surface area contributed by atoms with Gasteiger partial charge in [-0.1, -0.05) is 29.4 Å². The van der Waals surface area contributed by atoms with Crippen molar-refractivity contribution in [3.63, 3.8) is 0 Å². The maximum Gasteiger partial charge on any atom is 0.293 e. The average molecular weight is 320 g/mol. The van der Waals surface area contributed by atoms with E-state index in [0.29, 0.717) is 17.3 Å². The molecule has 3 aromatic heterocycles. The highest BCUT2D eigenvalue weighted by molar-refractivity contribution is 5.94. The molecule has 7 nitrogen and oxygen atoms in total. The van der Waals surface area contributed by atoms with E-state index in [2.05, 4.69) is 20.4 Å². The van der Waals surface area contributed by atoms with E-state index in [9.17, 15) is 4.79 Å². The largest absolute Gasteiger partial charge is 0.459 e. The molecule has 4 rings (SSSR count). The summed E-state index contributed by atoms with van der Waals surface area (Å²) >= 11 is 0. The fraction of sp³-hybridized carbons (Fsp3) is 0.0588. The van der Waals surface area contributed by atoms with E-state index in [-0.39, 0.29) is 18.3 Å². The number of hydrogen-bond donors (Lipinski definition) is 1. The van der Waals surface area contributed by atoms with E-state index in [1.54, 1.807) is 18.2 Å². The third-order valence-corrected chi connectivity index (χ3v) is 3.44. The van der Waals surface area contributed by atoms with E-state index < -0.39 is 0 Å². The van der Waals surface area contributed by atoms with Gasteiger partial charge < -0.3 is 14.3 Å². The number of amides is 1. The highest BCUT2D eigenvalue weighted by atomic mass is 16.5. The van der Waals surface area contributed by atoms with Crippen LogP contribution in [0.25, 0.3) is 22.6 Å². The molecule has 0 aliphatic carbocycles. The first kappa shape index (κ1) is 14.1. The van der Waals surface area contributed by atoms with Gasteiger partial charge in [0.15, 0.2) is 11.6 Å². The van der Waals surface area contributed by atoms with Gasteiger partial charge in [0, 0.05) is 5.39 Å². The number of carbonyl (C=O) groups excluding carboxylic acids is 1. The van der Waals surface area contributed by atoms with Crippen molar-refractivity contribution >= 4 is 16.8 Å². The molecular weight excluding hydrogens is 308 g/mol. The van der Waals surface area contributed by atoms with Crippen LogP contribution in [-0.4, -0.2) is 21.0 Å². The predicted molar refractivity (Wildman–Crippen MR) is 84.9 cm³/mol. The zero-order chi connectivity index (χ0) is 16.4. The number of carbonyl (C=O) groups is 1. The Labute approximate surface area is 136 Å². The minimum absolute atomic E-state index is 0.136. The maximum atomic E-state index is 12.2. The lowest BCUT2D eigenvalue weighted by Gasteiger charge is -2.03. The van der Waals surface area contributed by atoms with Crippen LogP contribution in [-0.2, 0) is 6.54 Å². The molecule has 0 aliphatic heterocycles. The summed E-state index contributed by atoms with van der Waals surface area (Å²) in [5, 5.41) is 7.51. The van der Waals surface area contributed by atoms with Gasteiger partial charge in [-0.25, -0.2) is 4.98 Å². The minimum Gasteiger partial charge on any atom is -0.459 e. The second-order valence-electron chi connectivity index (χ2n) is 5.06. The summed E-state index contributed by atoms with van der Waals surface area (Å²) < 4.78 is 10.3. The number of furan rings is 1. The van der Waals surface area contributed by atoms with Gasteiger partial charge in [0.2, 0.25) is 0 Å².